The molecule has 0 unspecified atom stereocenters. The normalized spacial score (nSPS) is 36.3. The summed E-state index contributed by atoms with van der Waals surface area (Å²) in [6.07, 6.45) is 8.76. The summed E-state index contributed by atoms with van der Waals surface area (Å²) in [6.45, 7) is 0.264. The maximum Gasteiger partial charge on any atom is 0.231 e. The van der Waals surface area contributed by atoms with Crippen molar-refractivity contribution in [3.8, 4) is 11.5 Å². The zero-order valence-electron chi connectivity index (χ0n) is 13.3. The zero-order chi connectivity index (χ0) is 15.4. The number of rotatable bonds is 3. The molecule has 0 spiro atoms. The number of hydrogen-bond donors (Lipinski definition) is 1. The summed E-state index contributed by atoms with van der Waals surface area (Å²) < 4.78 is 10.7. The van der Waals surface area contributed by atoms with E-state index in [1.165, 1.54) is 38.5 Å². The van der Waals surface area contributed by atoms with Crippen molar-refractivity contribution in [3.63, 3.8) is 0 Å². The van der Waals surface area contributed by atoms with Crippen LogP contribution in [0.4, 0.5) is 5.69 Å². The lowest BCUT2D eigenvalue weighted by Crippen LogP contribution is -2.47. The number of amides is 1. The van der Waals surface area contributed by atoms with Crippen molar-refractivity contribution in [2.45, 2.75) is 44.9 Å². The van der Waals surface area contributed by atoms with Crippen LogP contribution in [0.25, 0.3) is 0 Å². The van der Waals surface area contributed by atoms with Gasteiger partial charge in [0.1, 0.15) is 0 Å². The lowest BCUT2D eigenvalue weighted by molar-refractivity contribution is -0.124. The first-order chi connectivity index (χ1) is 11.2. The monoisotopic (exact) mass is 313 g/mol. The second kappa shape index (κ2) is 4.89. The molecule has 1 N–H and O–H groups in total. The molecule has 0 atom stereocenters. The predicted molar refractivity (Wildman–Crippen MR) is 86.4 cm³/mol. The first-order valence-corrected chi connectivity index (χ1v) is 8.87. The zero-order valence-corrected chi connectivity index (χ0v) is 13.3. The molecule has 6 rings (SSSR count). The smallest absolute Gasteiger partial charge is 0.231 e. The Morgan fingerprint density at radius 1 is 1.04 bits per heavy atom. The standard InChI is InChI=1S/C19H23NO3/c21-18(20-15-1-2-16-17(6-15)23-11-22-16)10-19-7-12-3-13(8-19)5-14(4-12)9-19/h1-2,6,12-14H,3-5,7-11H2,(H,20,21). The first kappa shape index (κ1) is 13.7. The Morgan fingerprint density at radius 2 is 1.70 bits per heavy atom. The molecule has 0 aromatic heterocycles. The van der Waals surface area contributed by atoms with E-state index >= 15 is 0 Å². The van der Waals surface area contributed by atoms with E-state index in [4.69, 9.17) is 9.47 Å². The maximum absolute atomic E-state index is 12.6. The summed E-state index contributed by atoms with van der Waals surface area (Å²) in [6, 6.07) is 5.62. The van der Waals surface area contributed by atoms with Gasteiger partial charge in [-0.15, -0.1) is 0 Å². The SMILES string of the molecule is O=C(CC12CC3CC(CC(C3)C1)C2)Nc1ccc2c(c1)OCO2. The van der Waals surface area contributed by atoms with Crippen molar-refractivity contribution in [1.29, 1.82) is 0 Å². The number of hydrogen-bond acceptors (Lipinski definition) is 3. The van der Waals surface area contributed by atoms with Gasteiger partial charge in [-0.2, -0.15) is 0 Å². The molecule has 1 heterocycles. The minimum absolute atomic E-state index is 0.158. The summed E-state index contributed by atoms with van der Waals surface area (Å²) in [5.74, 6) is 4.30. The van der Waals surface area contributed by atoms with Gasteiger partial charge in [-0.25, -0.2) is 0 Å². The van der Waals surface area contributed by atoms with E-state index in [9.17, 15) is 4.79 Å². The molecule has 4 bridgehead atoms. The molecule has 23 heavy (non-hydrogen) atoms. The van der Waals surface area contributed by atoms with Crippen LogP contribution in [0, 0.1) is 23.2 Å². The van der Waals surface area contributed by atoms with Crippen LogP contribution in [0.1, 0.15) is 44.9 Å². The molecule has 0 radical (unpaired) electrons. The van der Waals surface area contributed by atoms with Crippen molar-refractivity contribution in [3.05, 3.63) is 18.2 Å². The highest BCUT2D eigenvalue weighted by Crippen LogP contribution is 2.61. The van der Waals surface area contributed by atoms with Crippen LogP contribution in [0.5, 0.6) is 11.5 Å². The largest absolute Gasteiger partial charge is 0.454 e. The van der Waals surface area contributed by atoms with Gasteiger partial charge in [0.15, 0.2) is 11.5 Å². The fourth-order valence-corrected chi connectivity index (χ4v) is 6.03. The summed E-state index contributed by atoms with van der Waals surface area (Å²) in [5, 5.41) is 3.07. The van der Waals surface area contributed by atoms with Gasteiger partial charge in [-0.1, -0.05) is 0 Å². The number of ether oxygens (including phenoxy) is 2. The van der Waals surface area contributed by atoms with Gasteiger partial charge in [0.2, 0.25) is 12.7 Å². The molecular formula is C19H23NO3. The van der Waals surface area contributed by atoms with Crippen molar-refractivity contribution >= 4 is 11.6 Å². The minimum atomic E-state index is 0.158. The minimum Gasteiger partial charge on any atom is -0.454 e. The average molecular weight is 313 g/mol. The van der Waals surface area contributed by atoms with E-state index in [0.717, 1.165) is 34.9 Å². The number of carbonyl (C=O) groups excluding carboxylic acids is 1. The summed E-state index contributed by atoms with van der Waals surface area (Å²) in [5.41, 5.74) is 1.10. The average Bonchev–Trinajstić information content (AvgIpc) is 2.92. The van der Waals surface area contributed by atoms with E-state index < -0.39 is 0 Å². The van der Waals surface area contributed by atoms with Gasteiger partial charge in [-0.05, 0) is 73.8 Å². The Morgan fingerprint density at radius 3 is 2.39 bits per heavy atom. The van der Waals surface area contributed by atoms with E-state index in [-0.39, 0.29) is 18.1 Å². The fraction of sp³-hybridized carbons (Fsp3) is 0.632. The van der Waals surface area contributed by atoms with Gasteiger partial charge in [0, 0.05) is 18.2 Å². The maximum atomic E-state index is 12.6. The molecule has 4 saturated carbocycles. The summed E-state index contributed by atoms with van der Waals surface area (Å²) in [4.78, 5) is 12.6. The first-order valence-electron chi connectivity index (χ1n) is 8.87. The number of carbonyl (C=O) groups is 1. The van der Waals surface area contributed by atoms with Crippen LogP contribution < -0.4 is 14.8 Å². The Hall–Kier alpha value is -1.71. The molecule has 4 fully saturated rings. The topological polar surface area (TPSA) is 47.6 Å². The van der Waals surface area contributed by atoms with Crippen LogP contribution in [-0.2, 0) is 4.79 Å². The van der Waals surface area contributed by atoms with Crippen molar-refractivity contribution in [2.75, 3.05) is 12.1 Å². The van der Waals surface area contributed by atoms with Gasteiger partial charge in [0.25, 0.3) is 0 Å². The second-order valence-corrected chi connectivity index (χ2v) is 8.21. The lowest BCUT2D eigenvalue weighted by atomic mass is 9.49. The van der Waals surface area contributed by atoms with Crippen LogP contribution in [0.3, 0.4) is 0 Å². The molecular weight excluding hydrogens is 290 g/mol. The highest BCUT2D eigenvalue weighted by molar-refractivity contribution is 5.91. The van der Waals surface area contributed by atoms with Crippen LogP contribution in [0.2, 0.25) is 0 Å². The van der Waals surface area contributed by atoms with Crippen LogP contribution in [-0.4, -0.2) is 12.7 Å². The molecule has 5 aliphatic rings. The van der Waals surface area contributed by atoms with Crippen LogP contribution in [0.15, 0.2) is 18.2 Å². The van der Waals surface area contributed by atoms with Crippen molar-refractivity contribution in [2.24, 2.45) is 23.2 Å². The Labute approximate surface area is 136 Å². The summed E-state index contributed by atoms with van der Waals surface area (Å²) >= 11 is 0. The van der Waals surface area contributed by atoms with E-state index in [1.54, 1.807) is 0 Å². The molecule has 1 amide bonds. The third-order valence-corrected chi connectivity index (χ3v) is 6.36. The summed E-state index contributed by atoms with van der Waals surface area (Å²) in [7, 11) is 0. The molecule has 0 saturated heterocycles. The second-order valence-electron chi connectivity index (χ2n) is 8.21. The van der Waals surface area contributed by atoms with Crippen LogP contribution >= 0.6 is 0 Å². The third-order valence-electron chi connectivity index (χ3n) is 6.36. The van der Waals surface area contributed by atoms with E-state index in [1.807, 2.05) is 18.2 Å². The molecule has 1 aromatic carbocycles. The molecule has 1 aromatic rings. The van der Waals surface area contributed by atoms with Gasteiger partial charge < -0.3 is 14.8 Å². The lowest BCUT2D eigenvalue weighted by Gasteiger charge is -2.56. The van der Waals surface area contributed by atoms with Gasteiger partial charge >= 0.3 is 0 Å². The van der Waals surface area contributed by atoms with Gasteiger partial charge in [-0.3, -0.25) is 4.79 Å². The molecule has 122 valence electrons. The number of anilines is 1. The van der Waals surface area contributed by atoms with Gasteiger partial charge in [0.05, 0.1) is 0 Å². The Balaban J connectivity index is 1.28. The predicted octanol–water partition coefficient (Wildman–Crippen LogP) is 3.96. The highest BCUT2D eigenvalue weighted by atomic mass is 16.7. The molecule has 4 aliphatic carbocycles. The quantitative estimate of drug-likeness (QED) is 0.919. The molecule has 4 nitrogen and oxygen atoms in total. The number of benzene rings is 1. The Kier molecular flexibility index (Phi) is 2.91. The van der Waals surface area contributed by atoms with E-state index in [2.05, 4.69) is 5.32 Å². The highest BCUT2D eigenvalue weighted by Gasteiger charge is 2.51. The number of nitrogens with one attached hydrogen (secondary N) is 1. The van der Waals surface area contributed by atoms with E-state index in [0.29, 0.717) is 6.42 Å². The third kappa shape index (κ3) is 2.39. The Bertz CT molecular complexity index is 619. The van der Waals surface area contributed by atoms with Crippen molar-refractivity contribution in [1.82, 2.24) is 0 Å². The number of fused-ring (bicyclic) bond motifs is 1. The fourth-order valence-electron chi connectivity index (χ4n) is 6.03. The molecule has 4 heteroatoms. The van der Waals surface area contributed by atoms with Crippen molar-refractivity contribution < 1.29 is 14.3 Å². The molecule has 1 aliphatic heterocycles.